The molecule has 0 radical (unpaired) electrons. The predicted molar refractivity (Wildman–Crippen MR) is 65.8 cm³/mol. The Morgan fingerprint density at radius 2 is 1.38 bits per heavy atom. The summed E-state index contributed by atoms with van der Waals surface area (Å²) < 4.78 is 14.1. The molecule has 0 bridgehead atoms. The first-order chi connectivity index (χ1) is 7.79. The van der Waals surface area contributed by atoms with E-state index < -0.39 is 6.17 Å². The van der Waals surface area contributed by atoms with Crippen molar-refractivity contribution in [3.63, 3.8) is 0 Å². The monoisotopic (exact) mass is 212 g/mol. The summed E-state index contributed by atoms with van der Waals surface area (Å²) in [6, 6.07) is 18.5. The third-order valence-electron chi connectivity index (χ3n) is 2.54. The Labute approximate surface area is 95.1 Å². The van der Waals surface area contributed by atoms with Crippen LogP contribution in [0.1, 0.15) is 17.3 Å². The molecule has 0 aliphatic carbocycles. The molecule has 0 spiro atoms. The summed E-state index contributed by atoms with van der Waals surface area (Å²) in [4.78, 5) is 0. The normalized spacial score (nSPS) is 12.1. The molecule has 0 fully saturated rings. The summed E-state index contributed by atoms with van der Waals surface area (Å²) in [7, 11) is 0. The van der Waals surface area contributed by atoms with Gasteiger partial charge in [0.05, 0.1) is 0 Å². The van der Waals surface area contributed by atoms with Crippen molar-refractivity contribution in [2.45, 2.75) is 6.17 Å². The van der Waals surface area contributed by atoms with E-state index in [-0.39, 0.29) is 0 Å². The van der Waals surface area contributed by atoms with E-state index in [0.29, 0.717) is 11.1 Å². The van der Waals surface area contributed by atoms with Crippen LogP contribution in [0.4, 0.5) is 4.39 Å². The lowest BCUT2D eigenvalue weighted by atomic mass is 9.98. The third kappa shape index (κ3) is 2.19. The van der Waals surface area contributed by atoms with Gasteiger partial charge >= 0.3 is 0 Å². The molecule has 2 aromatic carbocycles. The number of alkyl halides is 1. The maximum atomic E-state index is 14.1. The van der Waals surface area contributed by atoms with Crippen molar-refractivity contribution in [1.29, 1.82) is 0 Å². The van der Waals surface area contributed by atoms with Gasteiger partial charge in [0, 0.05) is 0 Å². The first-order valence-corrected chi connectivity index (χ1v) is 5.22. The summed E-state index contributed by atoms with van der Waals surface area (Å²) in [5, 5.41) is 0. The molecule has 2 rings (SSSR count). The molecule has 0 N–H and O–H groups in total. The number of halogens is 1. The molecule has 0 nitrogen and oxygen atoms in total. The largest absolute Gasteiger partial charge is 0.237 e. The van der Waals surface area contributed by atoms with E-state index in [2.05, 4.69) is 6.58 Å². The van der Waals surface area contributed by atoms with Gasteiger partial charge in [0.2, 0.25) is 0 Å². The van der Waals surface area contributed by atoms with E-state index in [4.69, 9.17) is 0 Å². The molecular formula is C15H13F. The highest BCUT2D eigenvalue weighted by molar-refractivity contribution is 5.68. The summed E-state index contributed by atoms with van der Waals surface area (Å²) >= 11 is 0. The molecular weight excluding hydrogens is 199 g/mol. The van der Waals surface area contributed by atoms with Crippen LogP contribution < -0.4 is 0 Å². The van der Waals surface area contributed by atoms with E-state index >= 15 is 0 Å². The van der Waals surface area contributed by atoms with E-state index in [9.17, 15) is 4.39 Å². The van der Waals surface area contributed by atoms with Gasteiger partial charge in [-0.05, 0) is 16.7 Å². The number of hydrogen-bond donors (Lipinski definition) is 0. The van der Waals surface area contributed by atoms with Crippen molar-refractivity contribution in [1.82, 2.24) is 0 Å². The SMILES string of the molecule is C=C(c1ccccc1)C(F)c1ccccc1. The second-order valence-corrected chi connectivity index (χ2v) is 3.66. The lowest BCUT2D eigenvalue weighted by molar-refractivity contribution is 0.427. The van der Waals surface area contributed by atoms with Crippen LogP contribution in [0.2, 0.25) is 0 Å². The van der Waals surface area contributed by atoms with Gasteiger partial charge in [-0.2, -0.15) is 0 Å². The Morgan fingerprint density at radius 3 is 1.94 bits per heavy atom. The molecule has 1 unspecified atom stereocenters. The fourth-order valence-corrected chi connectivity index (χ4v) is 1.62. The highest BCUT2D eigenvalue weighted by Gasteiger charge is 2.14. The fraction of sp³-hybridized carbons (Fsp3) is 0.0667. The minimum absolute atomic E-state index is 0.506. The molecule has 0 aliphatic heterocycles. The van der Waals surface area contributed by atoms with Crippen LogP contribution in [-0.4, -0.2) is 0 Å². The van der Waals surface area contributed by atoms with Gasteiger partial charge < -0.3 is 0 Å². The average molecular weight is 212 g/mol. The van der Waals surface area contributed by atoms with Gasteiger partial charge in [-0.1, -0.05) is 67.2 Å². The van der Waals surface area contributed by atoms with Crippen molar-refractivity contribution in [3.8, 4) is 0 Å². The third-order valence-corrected chi connectivity index (χ3v) is 2.54. The van der Waals surface area contributed by atoms with Gasteiger partial charge in [-0.3, -0.25) is 0 Å². The van der Waals surface area contributed by atoms with E-state index in [1.54, 1.807) is 12.1 Å². The van der Waals surface area contributed by atoms with Gasteiger partial charge in [-0.25, -0.2) is 4.39 Å². The van der Waals surface area contributed by atoms with Crippen LogP contribution in [0.5, 0.6) is 0 Å². The first kappa shape index (κ1) is 10.6. The van der Waals surface area contributed by atoms with E-state index in [0.717, 1.165) is 5.56 Å². The first-order valence-electron chi connectivity index (χ1n) is 5.22. The van der Waals surface area contributed by atoms with Gasteiger partial charge in [0.15, 0.2) is 6.17 Å². The van der Waals surface area contributed by atoms with Crippen LogP contribution >= 0.6 is 0 Å². The zero-order valence-electron chi connectivity index (χ0n) is 8.94. The summed E-state index contributed by atoms with van der Waals surface area (Å²) in [6.07, 6.45) is -1.14. The Balaban J connectivity index is 2.24. The number of benzene rings is 2. The van der Waals surface area contributed by atoms with Gasteiger partial charge in [-0.15, -0.1) is 0 Å². The molecule has 0 saturated heterocycles. The van der Waals surface area contributed by atoms with Crippen LogP contribution in [0.25, 0.3) is 5.57 Å². The zero-order chi connectivity index (χ0) is 11.4. The summed E-state index contributed by atoms with van der Waals surface area (Å²) in [5.74, 6) is 0. The molecule has 1 heteroatoms. The Bertz CT molecular complexity index is 459. The van der Waals surface area contributed by atoms with Crippen molar-refractivity contribution in [2.24, 2.45) is 0 Å². The molecule has 0 saturated carbocycles. The van der Waals surface area contributed by atoms with Crippen LogP contribution in [0.15, 0.2) is 67.2 Å². The number of allylic oxidation sites excluding steroid dienone is 1. The van der Waals surface area contributed by atoms with Crippen molar-refractivity contribution < 1.29 is 4.39 Å². The molecule has 80 valence electrons. The second kappa shape index (κ2) is 4.75. The topological polar surface area (TPSA) is 0 Å². The molecule has 1 atom stereocenters. The molecule has 0 aliphatic rings. The van der Waals surface area contributed by atoms with Crippen LogP contribution in [-0.2, 0) is 0 Å². The zero-order valence-corrected chi connectivity index (χ0v) is 8.94. The Hall–Kier alpha value is -1.89. The molecule has 16 heavy (non-hydrogen) atoms. The summed E-state index contributed by atoms with van der Waals surface area (Å²) in [5.41, 5.74) is 2.00. The number of hydrogen-bond acceptors (Lipinski definition) is 0. The standard InChI is InChI=1S/C15H13F/c1-12(13-8-4-2-5-9-13)15(16)14-10-6-3-7-11-14/h2-11,15H,1H2. The second-order valence-electron chi connectivity index (χ2n) is 3.66. The number of rotatable bonds is 3. The van der Waals surface area contributed by atoms with Gasteiger partial charge in [0.1, 0.15) is 0 Å². The van der Waals surface area contributed by atoms with Crippen molar-refractivity contribution in [3.05, 3.63) is 78.4 Å². The minimum atomic E-state index is -1.14. The van der Waals surface area contributed by atoms with Crippen LogP contribution in [0.3, 0.4) is 0 Å². The predicted octanol–water partition coefficient (Wildman–Crippen LogP) is 4.41. The maximum Gasteiger partial charge on any atom is 0.150 e. The maximum absolute atomic E-state index is 14.1. The quantitative estimate of drug-likeness (QED) is 0.707. The minimum Gasteiger partial charge on any atom is -0.237 e. The molecule has 0 amide bonds. The van der Waals surface area contributed by atoms with E-state index in [1.165, 1.54) is 0 Å². The van der Waals surface area contributed by atoms with Crippen molar-refractivity contribution >= 4 is 5.57 Å². The highest BCUT2D eigenvalue weighted by atomic mass is 19.1. The molecule has 0 aromatic heterocycles. The van der Waals surface area contributed by atoms with Crippen molar-refractivity contribution in [2.75, 3.05) is 0 Å². The fourth-order valence-electron chi connectivity index (χ4n) is 1.62. The lowest BCUT2D eigenvalue weighted by Crippen LogP contribution is -1.94. The molecule has 0 heterocycles. The Morgan fingerprint density at radius 1 is 0.875 bits per heavy atom. The highest BCUT2D eigenvalue weighted by Crippen LogP contribution is 2.31. The lowest BCUT2D eigenvalue weighted by Gasteiger charge is -2.11. The van der Waals surface area contributed by atoms with Crippen LogP contribution in [0, 0.1) is 0 Å². The van der Waals surface area contributed by atoms with E-state index in [1.807, 2.05) is 48.5 Å². The average Bonchev–Trinajstić information content (AvgIpc) is 2.39. The summed E-state index contributed by atoms with van der Waals surface area (Å²) in [6.45, 7) is 3.83. The molecule has 2 aromatic rings. The van der Waals surface area contributed by atoms with Gasteiger partial charge in [0.25, 0.3) is 0 Å². The Kier molecular flexibility index (Phi) is 3.16. The smallest absolute Gasteiger partial charge is 0.150 e.